The van der Waals surface area contributed by atoms with Crippen molar-refractivity contribution in [3.05, 3.63) is 0 Å². The van der Waals surface area contributed by atoms with Gasteiger partial charge in [0.05, 0.1) is 6.17 Å². The molecular formula is C13H26N2S. The number of hydrogen-bond donors (Lipinski definition) is 1. The molecule has 0 spiro atoms. The first kappa shape index (κ1) is 12.7. The molecule has 0 amide bonds. The van der Waals surface area contributed by atoms with Crippen molar-refractivity contribution in [3.63, 3.8) is 0 Å². The Labute approximate surface area is 105 Å². The molecule has 2 fully saturated rings. The summed E-state index contributed by atoms with van der Waals surface area (Å²) in [4.78, 5) is 0. The van der Waals surface area contributed by atoms with Crippen molar-refractivity contribution in [3.8, 4) is 0 Å². The molecule has 0 bridgehead atoms. The fourth-order valence-electron chi connectivity index (χ4n) is 3.49. The summed E-state index contributed by atoms with van der Waals surface area (Å²) in [5.41, 5.74) is 0. The first-order valence-electron chi connectivity index (χ1n) is 6.86. The molecular weight excluding hydrogens is 216 g/mol. The molecule has 2 atom stereocenters. The molecule has 94 valence electrons. The Balaban J connectivity index is 1.96. The molecule has 0 aromatic rings. The van der Waals surface area contributed by atoms with Crippen LogP contribution in [0.5, 0.6) is 0 Å². The maximum absolute atomic E-state index is 3.45. The van der Waals surface area contributed by atoms with E-state index in [4.69, 9.17) is 0 Å². The largest absolute Gasteiger partial charge is 0.304 e. The fraction of sp³-hybridized carbons (Fsp3) is 1.00. The van der Waals surface area contributed by atoms with E-state index in [1.54, 1.807) is 0 Å². The Morgan fingerprint density at radius 3 is 2.25 bits per heavy atom. The predicted octanol–water partition coefficient (Wildman–Crippen LogP) is 3.24. The molecule has 1 heterocycles. The summed E-state index contributed by atoms with van der Waals surface area (Å²) in [7, 11) is 2.10. The summed E-state index contributed by atoms with van der Waals surface area (Å²) < 4.78 is 2.63. The average Bonchev–Trinajstić information content (AvgIpc) is 2.54. The third-order valence-corrected chi connectivity index (χ3v) is 5.30. The van der Waals surface area contributed by atoms with Gasteiger partial charge < -0.3 is 5.32 Å². The molecule has 1 saturated carbocycles. The molecule has 0 aromatic heterocycles. The van der Waals surface area contributed by atoms with Crippen LogP contribution >= 0.6 is 11.9 Å². The van der Waals surface area contributed by atoms with E-state index in [0.717, 1.165) is 12.0 Å². The van der Waals surface area contributed by atoms with E-state index in [2.05, 4.69) is 22.9 Å². The molecule has 1 aliphatic carbocycles. The summed E-state index contributed by atoms with van der Waals surface area (Å²) in [5, 5.41) is 3.45. The highest BCUT2D eigenvalue weighted by Crippen LogP contribution is 2.38. The van der Waals surface area contributed by atoms with Crippen molar-refractivity contribution in [2.75, 3.05) is 13.3 Å². The highest BCUT2D eigenvalue weighted by molar-refractivity contribution is 7.96. The van der Waals surface area contributed by atoms with Gasteiger partial charge in [0, 0.05) is 6.04 Å². The minimum absolute atomic E-state index is 0.614. The van der Waals surface area contributed by atoms with Gasteiger partial charge in [-0.3, -0.25) is 0 Å². The molecule has 2 unspecified atom stereocenters. The van der Waals surface area contributed by atoms with E-state index in [1.807, 2.05) is 11.9 Å². The number of nitrogens with one attached hydrogen (secondary N) is 1. The number of rotatable bonds is 3. The van der Waals surface area contributed by atoms with Crippen LogP contribution in [0.3, 0.4) is 0 Å². The number of hydrogen-bond acceptors (Lipinski definition) is 3. The molecule has 0 radical (unpaired) electrons. The van der Waals surface area contributed by atoms with E-state index in [1.165, 1.54) is 51.4 Å². The molecule has 1 aliphatic heterocycles. The van der Waals surface area contributed by atoms with Crippen LogP contribution in [0.15, 0.2) is 0 Å². The Morgan fingerprint density at radius 2 is 1.69 bits per heavy atom. The Bertz CT molecular complexity index is 202. The number of nitrogens with zero attached hydrogens (tertiary/aromatic N) is 1. The quantitative estimate of drug-likeness (QED) is 0.604. The zero-order valence-electron chi connectivity index (χ0n) is 10.7. The van der Waals surface area contributed by atoms with Gasteiger partial charge in [0.25, 0.3) is 0 Å². The van der Waals surface area contributed by atoms with Gasteiger partial charge in [-0.25, -0.2) is 4.31 Å². The molecule has 1 N–H and O–H groups in total. The van der Waals surface area contributed by atoms with Gasteiger partial charge in [-0.1, -0.05) is 37.6 Å². The SMILES string of the molecule is CNC1CCC(C2CCCCCC2)N1SC. The van der Waals surface area contributed by atoms with E-state index in [9.17, 15) is 0 Å². The van der Waals surface area contributed by atoms with Crippen LogP contribution in [0.25, 0.3) is 0 Å². The van der Waals surface area contributed by atoms with Gasteiger partial charge in [-0.15, -0.1) is 0 Å². The zero-order chi connectivity index (χ0) is 11.4. The molecule has 2 rings (SSSR count). The van der Waals surface area contributed by atoms with Gasteiger partial charge in [-0.2, -0.15) is 0 Å². The van der Waals surface area contributed by atoms with Crippen LogP contribution in [0.4, 0.5) is 0 Å². The van der Waals surface area contributed by atoms with Crippen LogP contribution in [0.2, 0.25) is 0 Å². The van der Waals surface area contributed by atoms with Crippen molar-refractivity contribution in [1.82, 2.24) is 9.62 Å². The molecule has 1 saturated heterocycles. The second kappa shape index (κ2) is 6.27. The van der Waals surface area contributed by atoms with Gasteiger partial charge in [0.1, 0.15) is 0 Å². The van der Waals surface area contributed by atoms with Gasteiger partial charge >= 0.3 is 0 Å². The van der Waals surface area contributed by atoms with Gasteiger partial charge in [0.2, 0.25) is 0 Å². The summed E-state index contributed by atoms with van der Waals surface area (Å²) >= 11 is 1.94. The zero-order valence-corrected chi connectivity index (χ0v) is 11.6. The van der Waals surface area contributed by atoms with Crippen molar-refractivity contribution < 1.29 is 0 Å². The lowest BCUT2D eigenvalue weighted by atomic mass is 9.91. The second-order valence-electron chi connectivity index (χ2n) is 5.24. The molecule has 2 nitrogen and oxygen atoms in total. The highest BCUT2D eigenvalue weighted by Gasteiger charge is 2.36. The lowest BCUT2D eigenvalue weighted by molar-refractivity contribution is 0.236. The van der Waals surface area contributed by atoms with E-state index >= 15 is 0 Å². The first-order valence-corrected chi connectivity index (χ1v) is 8.04. The van der Waals surface area contributed by atoms with Crippen LogP contribution in [0.1, 0.15) is 51.4 Å². The van der Waals surface area contributed by atoms with Crippen molar-refractivity contribution >= 4 is 11.9 Å². The van der Waals surface area contributed by atoms with E-state index in [-0.39, 0.29) is 0 Å². The van der Waals surface area contributed by atoms with Crippen LogP contribution in [-0.4, -0.2) is 29.8 Å². The summed E-state index contributed by atoms with van der Waals surface area (Å²) in [6.07, 6.45) is 14.4. The normalized spacial score (nSPS) is 34.1. The lowest BCUT2D eigenvalue weighted by Gasteiger charge is -2.32. The Hall–Kier alpha value is 0.270. The minimum Gasteiger partial charge on any atom is -0.304 e. The van der Waals surface area contributed by atoms with Crippen LogP contribution < -0.4 is 5.32 Å². The predicted molar refractivity (Wildman–Crippen MR) is 72.4 cm³/mol. The minimum atomic E-state index is 0.614. The topological polar surface area (TPSA) is 15.3 Å². The van der Waals surface area contributed by atoms with Crippen molar-refractivity contribution in [2.45, 2.75) is 63.6 Å². The second-order valence-corrected chi connectivity index (χ2v) is 6.03. The average molecular weight is 242 g/mol. The monoisotopic (exact) mass is 242 g/mol. The maximum atomic E-state index is 3.45. The van der Waals surface area contributed by atoms with Gasteiger partial charge in [0.15, 0.2) is 0 Å². The Morgan fingerprint density at radius 1 is 1.00 bits per heavy atom. The summed E-state index contributed by atoms with van der Waals surface area (Å²) in [5.74, 6) is 0.966. The molecule has 0 aromatic carbocycles. The van der Waals surface area contributed by atoms with Gasteiger partial charge in [-0.05, 0) is 44.9 Å². The summed E-state index contributed by atoms with van der Waals surface area (Å²) in [6.45, 7) is 0. The molecule has 16 heavy (non-hydrogen) atoms. The van der Waals surface area contributed by atoms with E-state index in [0.29, 0.717) is 6.17 Å². The van der Waals surface area contributed by atoms with Crippen LogP contribution in [0, 0.1) is 5.92 Å². The highest BCUT2D eigenvalue weighted by atomic mass is 32.2. The first-order chi connectivity index (χ1) is 7.86. The van der Waals surface area contributed by atoms with Crippen LogP contribution in [-0.2, 0) is 0 Å². The third kappa shape index (κ3) is 2.74. The third-order valence-electron chi connectivity index (χ3n) is 4.36. The van der Waals surface area contributed by atoms with Crippen molar-refractivity contribution in [1.29, 1.82) is 0 Å². The Kier molecular flexibility index (Phi) is 4.98. The van der Waals surface area contributed by atoms with Crippen molar-refractivity contribution in [2.24, 2.45) is 5.92 Å². The van der Waals surface area contributed by atoms with E-state index < -0.39 is 0 Å². The smallest absolute Gasteiger partial charge is 0.0697 e. The molecule has 3 heteroatoms. The standard InChI is InChI=1S/C13H26N2S/c1-14-13-10-9-12(15(13)16-2)11-7-5-3-4-6-8-11/h11-14H,3-10H2,1-2H3. The summed E-state index contributed by atoms with van der Waals surface area (Å²) in [6, 6.07) is 0.838. The fourth-order valence-corrected chi connectivity index (χ4v) is 4.50. The lowest BCUT2D eigenvalue weighted by Crippen LogP contribution is -2.41. The maximum Gasteiger partial charge on any atom is 0.0697 e. The molecule has 2 aliphatic rings.